The molecular formula is C14H23Cl2N5O. The summed E-state index contributed by atoms with van der Waals surface area (Å²) in [7, 11) is 0. The maximum absolute atomic E-state index is 12.4. The highest BCUT2D eigenvalue weighted by Gasteiger charge is 2.25. The molecule has 0 radical (unpaired) electrons. The molecule has 1 amide bonds. The number of amides is 1. The summed E-state index contributed by atoms with van der Waals surface area (Å²) >= 11 is 0. The first-order chi connectivity index (χ1) is 9.75. The van der Waals surface area contributed by atoms with E-state index in [-0.39, 0.29) is 36.8 Å². The molecule has 1 N–H and O–H groups in total. The van der Waals surface area contributed by atoms with Crippen LogP contribution in [0.3, 0.4) is 0 Å². The summed E-state index contributed by atoms with van der Waals surface area (Å²) in [6.45, 7) is 6.54. The lowest BCUT2D eigenvalue weighted by Gasteiger charge is -2.33. The smallest absolute Gasteiger partial charge is 0.274 e. The number of nitrogens with one attached hydrogen (secondary N) is 1. The van der Waals surface area contributed by atoms with E-state index >= 15 is 0 Å². The molecule has 2 saturated heterocycles. The van der Waals surface area contributed by atoms with Gasteiger partial charge in [0, 0.05) is 38.8 Å². The second kappa shape index (κ2) is 8.50. The topological polar surface area (TPSA) is 61.4 Å². The molecule has 6 nitrogen and oxygen atoms in total. The van der Waals surface area contributed by atoms with Gasteiger partial charge in [0.15, 0.2) is 11.5 Å². The number of halogens is 2. The minimum atomic E-state index is -0.0144. The van der Waals surface area contributed by atoms with Crippen LogP contribution < -0.4 is 10.2 Å². The van der Waals surface area contributed by atoms with E-state index in [9.17, 15) is 4.79 Å². The minimum absolute atomic E-state index is 0. The lowest BCUT2D eigenvalue weighted by Crippen LogP contribution is -2.52. The van der Waals surface area contributed by atoms with Crippen molar-refractivity contribution in [1.82, 2.24) is 20.4 Å². The highest BCUT2D eigenvalue weighted by atomic mass is 35.5. The lowest BCUT2D eigenvalue weighted by molar-refractivity contribution is 0.0648. The maximum Gasteiger partial charge on any atom is 0.274 e. The van der Waals surface area contributed by atoms with Gasteiger partial charge in [-0.15, -0.1) is 35.0 Å². The third-order valence-electron chi connectivity index (χ3n) is 4.06. The van der Waals surface area contributed by atoms with Crippen LogP contribution in [-0.2, 0) is 0 Å². The molecule has 0 bridgehead atoms. The number of piperazine rings is 1. The Morgan fingerprint density at radius 3 is 2.50 bits per heavy atom. The van der Waals surface area contributed by atoms with Crippen molar-refractivity contribution in [3.05, 3.63) is 17.8 Å². The van der Waals surface area contributed by atoms with Crippen LogP contribution in [0.15, 0.2) is 12.1 Å². The van der Waals surface area contributed by atoms with Gasteiger partial charge in [-0.25, -0.2) is 0 Å². The van der Waals surface area contributed by atoms with Crippen molar-refractivity contribution >= 4 is 36.5 Å². The fraction of sp³-hybridized carbons (Fsp3) is 0.643. The van der Waals surface area contributed by atoms with Crippen molar-refractivity contribution in [2.45, 2.75) is 25.8 Å². The van der Waals surface area contributed by atoms with Gasteiger partial charge in [0.1, 0.15) is 0 Å². The van der Waals surface area contributed by atoms with Gasteiger partial charge in [-0.05, 0) is 31.9 Å². The van der Waals surface area contributed by atoms with Gasteiger partial charge in [-0.3, -0.25) is 4.79 Å². The molecular weight excluding hydrogens is 325 g/mol. The number of aromatic nitrogens is 2. The summed E-state index contributed by atoms with van der Waals surface area (Å²) in [4.78, 5) is 16.5. The second-order valence-corrected chi connectivity index (χ2v) is 5.52. The molecule has 124 valence electrons. The highest BCUT2D eigenvalue weighted by Crippen LogP contribution is 2.17. The summed E-state index contributed by atoms with van der Waals surface area (Å²) in [6.07, 6.45) is 2.42. The Morgan fingerprint density at radius 2 is 1.91 bits per heavy atom. The Bertz CT molecular complexity index is 479. The molecule has 0 saturated carbocycles. The Morgan fingerprint density at radius 1 is 1.18 bits per heavy atom. The molecule has 0 aliphatic carbocycles. The number of carbonyl (C=O) groups is 1. The molecule has 3 heterocycles. The van der Waals surface area contributed by atoms with Crippen molar-refractivity contribution in [2.24, 2.45) is 0 Å². The number of anilines is 1. The van der Waals surface area contributed by atoms with Crippen LogP contribution in [0.25, 0.3) is 0 Å². The number of hydrogen-bond acceptors (Lipinski definition) is 5. The summed E-state index contributed by atoms with van der Waals surface area (Å²) in [6, 6.07) is 3.92. The number of hydrogen-bond donors (Lipinski definition) is 1. The monoisotopic (exact) mass is 347 g/mol. The molecule has 2 fully saturated rings. The zero-order chi connectivity index (χ0) is 13.9. The van der Waals surface area contributed by atoms with E-state index in [2.05, 4.69) is 27.3 Å². The molecule has 1 aromatic rings. The molecule has 1 aromatic heterocycles. The SMILES string of the molecule is C[C@H]1CNCCN1C(=O)c1ccc(N2CCCC2)nn1.Cl.Cl. The van der Waals surface area contributed by atoms with Crippen LogP contribution >= 0.6 is 24.8 Å². The lowest BCUT2D eigenvalue weighted by atomic mass is 10.2. The number of nitrogens with zero attached hydrogens (tertiary/aromatic N) is 4. The number of rotatable bonds is 2. The quantitative estimate of drug-likeness (QED) is 0.874. The van der Waals surface area contributed by atoms with Gasteiger partial charge in [0.05, 0.1) is 0 Å². The summed E-state index contributed by atoms with van der Waals surface area (Å²) in [5, 5.41) is 11.6. The maximum atomic E-state index is 12.4. The molecule has 3 rings (SSSR count). The first kappa shape index (κ1) is 18.9. The molecule has 22 heavy (non-hydrogen) atoms. The summed E-state index contributed by atoms with van der Waals surface area (Å²) in [5.41, 5.74) is 0.446. The van der Waals surface area contributed by atoms with Crippen LogP contribution in [0.5, 0.6) is 0 Å². The first-order valence-electron chi connectivity index (χ1n) is 7.36. The predicted molar refractivity (Wildman–Crippen MR) is 91.3 cm³/mol. The van der Waals surface area contributed by atoms with E-state index in [4.69, 9.17) is 0 Å². The van der Waals surface area contributed by atoms with Gasteiger partial charge in [-0.1, -0.05) is 0 Å². The van der Waals surface area contributed by atoms with E-state index in [1.807, 2.05) is 11.0 Å². The Balaban J connectivity index is 0.00000121. The van der Waals surface area contributed by atoms with Crippen LogP contribution in [-0.4, -0.2) is 59.8 Å². The van der Waals surface area contributed by atoms with E-state index in [0.717, 1.165) is 38.5 Å². The molecule has 0 spiro atoms. The molecule has 0 unspecified atom stereocenters. The van der Waals surface area contributed by atoms with Gasteiger partial charge in [0.25, 0.3) is 5.91 Å². The fourth-order valence-electron chi connectivity index (χ4n) is 2.84. The summed E-state index contributed by atoms with van der Waals surface area (Å²) in [5.74, 6) is 0.867. The van der Waals surface area contributed by atoms with Crippen molar-refractivity contribution in [3.63, 3.8) is 0 Å². The Labute approximate surface area is 143 Å². The van der Waals surface area contributed by atoms with Gasteiger partial charge in [-0.2, -0.15) is 0 Å². The Kier molecular flexibility index (Phi) is 7.32. The van der Waals surface area contributed by atoms with Crippen LogP contribution in [0, 0.1) is 0 Å². The Hall–Kier alpha value is -1.11. The van der Waals surface area contributed by atoms with Crippen molar-refractivity contribution in [1.29, 1.82) is 0 Å². The minimum Gasteiger partial charge on any atom is -0.355 e. The average molecular weight is 348 g/mol. The molecule has 1 atom stereocenters. The highest BCUT2D eigenvalue weighted by molar-refractivity contribution is 5.92. The molecule has 2 aliphatic rings. The third-order valence-corrected chi connectivity index (χ3v) is 4.06. The van der Waals surface area contributed by atoms with Gasteiger partial charge < -0.3 is 15.1 Å². The van der Waals surface area contributed by atoms with Gasteiger partial charge >= 0.3 is 0 Å². The summed E-state index contributed by atoms with van der Waals surface area (Å²) < 4.78 is 0. The number of carbonyl (C=O) groups excluding carboxylic acids is 1. The van der Waals surface area contributed by atoms with Crippen molar-refractivity contribution in [2.75, 3.05) is 37.6 Å². The van der Waals surface area contributed by atoms with Crippen LogP contribution in [0.1, 0.15) is 30.3 Å². The van der Waals surface area contributed by atoms with Crippen LogP contribution in [0.2, 0.25) is 0 Å². The largest absolute Gasteiger partial charge is 0.355 e. The van der Waals surface area contributed by atoms with E-state index in [1.165, 1.54) is 12.8 Å². The predicted octanol–water partition coefficient (Wildman–Crippen LogP) is 1.35. The van der Waals surface area contributed by atoms with E-state index < -0.39 is 0 Å². The standard InChI is InChI=1S/C14H21N5O.2ClH/c1-11-10-15-6-9-19(11)14(20)12-4-5-13(17-16-12)18-7-2-3-8-18;;/h4-5,11,15H,2-3,6-10H2,1H3;2*1H/t11-;;/m0../s1. The zero-order valence-electron chi connectivity index (χ0n) is 12.7. The first-order valence-corrected chi connectivity index (χ1v) is 7.36. The molecule has 8 heteroatoms. The second-order valence-electron chi connectivity index (χ2n) is 5.52. The van der Waals surface area contributed by atoms with Crippen molar-refractivity contribution in [3.8, 4) is 0 Å². The zero-order valence-corrected chi connectivity index (χ0v) is 14.3. The average Bonchev–Trinajstić information content (AvgIpc) is 3.01. The van der Waals surface area contributed by atoms with Crippen LogP contribution in [0.4, 0.5) is 5.82 Å². The molecule has 0 aromatic carbocycles. The van der Waals surface area contributed by atoms with E-state index in [0.29, 0.717) is 5.69 Å². The van der Waals surface area contributed by atoms with E-state index in [1.54, 1.807) is 6.07 Å². The normalized spacial score (nSPS) is 21.0. The fourth-order valence-corrected chi connectivity index (χ4v) is 2.84. The van der Waals surface area contributed by atoms with Crippen molar-refractivity contribution < 1.29 is 4.79 Å². The van der Waals surface area contributed by atoms with Gasteiger partial charge in [0.2, 0.25) is 0 Å². The third kappa shape index (κ3) is 4.00. The molecule has 2 aliphatic heterocycles.